The molecule has 2 amide bonds. The van der Waals surface area contributed by atoms with Gasteiger partial charge in [-0.15, -0.1) is 5.10 Å². The topological polar surface area (TPSA) is 126 Å². The minimum atomic E-state index is -0.360. The van der Waals surface area contributed by atoms with E-state index in [0.29, 0.717) is 23.2 Å². The summed E-state index contributed by atoms with van der Waals surface area (Å²) in [6.07, 6.45) is 1.79. The van der Waals surface area contributed by atoms with Crippen LogP contribution in [0.1, 0.15) is 25.5 Å². The Bertz CT molecular complexity index is 1130. The van der Waals surface area contributed by atoms with Gasteiger partial charge in [-0.25, -0.2) is 9.31 Å². The minimum Gasteiger partial charge on any atom is -0.380 e. The monoisotopic (exact) mass is 376 g/mol. The molecule has 0 aliphatic heterocycles. The average molecular weight is 376 g/mol. The number of H-pyrrole nitrogens is 1. The number of hydrogen-bond acceptors (Lipinski definition) is 5. The van der Waals surface area contributed by atoms with E-state index in [2.05, 4.69) is 31.1 Å². The number of nitrogens with two attached hydrogens (primary N) is 1. The van der Waals surface area contributed by atoms with Gasteiger partial charge in [0.2, 0.25) is 0 Å². The molecular weight excluding hydrogens is 356 g/mol. The third-order valence-electron chi connectivity index (χ3n) is 4.38. The van der Waals surface area contributed by atoms with Crippen LogP contribution in [0.4, 0.5) is 22.1 Å². The van der Waals surface area contributed by atoms with Crippen LogP contribution in [0.2, 0.25) is 0 Å². The molecule has 0 bridgehead atoms. The molecule has 4 rings (SSSR count). The summed E-state index contributed by atoms with van der Waals surface area (Å²) in [5, 5.41) is 20.4. The molecule has 0 aliphatic carbocycles. The lowest BCUT2D eigenvalue weighted by Crippen LogP contribution is -2.19. The molecule has 1 aromatic carbocycles. The Morgan fingerprint density at radius 2 is 1.96 bits per heavy atom. The molecule has 0 atom stereocenters. The number of nitrogens with one attached hydrogen (secondary N) is 3. The highest BCUT2D eigenvalue weighted by molar-refractivity contribution is 5.99. The number of amides is 2. The molecule has 0 aliphatic rings. The first-order valence-corrected chi connectivity index (χ1v) is 8.84. The van der Waals surface area contributed by atoms with Crippen molar-refractivity contribution in [3.05, 3.63) is 54.4 Å². The van der Waals surface area contributed by atoms with Crippen LogP contribution in [0.3, 0.4) is 0 Å². The smallest absolute Gasteiger partial charge is 0.324 e. The van der Waals surface area contributed by atoms with E-state index < -0.39 is 0 Å². The first-order chi connectivity index (χ1) is 13.5. The second-order valence-electron chi connectivity index (χ2n) is 6.71. The first kappa shape index (κ1) is 17.5. The Balaban J connectivity index is 1.48. The molecule has 142 valence electrons. The summed E-state index contributed by atoms with van der Waals surface area (Å²) in [5.74, 6) is 1.16. The number of benzene rings is 1. The van der Waals surface area contributed by atoms with Crippen LogP contribution in [-0.4, -0.2) is 31.1 Å². The molecule has 5 N–H and O–H groups in total. The fraction of sp³-hybridized carbons (Fsp3) is 0.158. The highest BCUT2D eigenvalue weighted by Gasteiger charge is 2.11. The van der Waals surface area contributed by atoms with Gasteiger partial charge in [-0.3, -0.25) is 10.4 Å². The van der Waals surface area contributed by atoms with Gasteiger partial charge in [0.1, 0.15) is 5.52 Å². The van der Waals surface area contributed by atoms with Crippen molar-refractivity contribution >= 4 is 28.9 Å². The Kier molecular flexibility index (Phi) is 4.40. The standard InChI is InChI=1S/C19H20N8O/c1-11(2)15-10-16(24-23-15)22-19(28)21-13-7-5-12(6-8-13)14-4-3-9-27-17(14)18(20)25-26-27/h3-11H,20H2,1-2H3,(H3,21,22,23,24,28). The molecule has 0 radical (unpaired) electrons. The molecule has 9 nitrogen and oxygen atoms in total. The fourth-order valence-electron chi connectivity index (χ4n) is 2.91. The number of hydrogen-bond donors (Lipinski definition) is 4. The molecule has 0 fully saturated rings. The summed E-state index contributed by atoms with van der Waals surface area (Å²) in [5.41, 5.74) is 10.2. The van der Waals surface area contributed by atoms with Gasteiger partial charge in [0.25, 0.3) is 0 Å². The van der Waals surface area contributed by atoms with Crippen molar-refractivity contribution in [1.82, 2.24) is 25.0 Å². The zero-order valence-corrected chi connectivity index (χ0v) is 15.5. The summed E-state index contributed by atoms with van der Waals surface area (Å²) in [6.45, 7) is 4.10. The quantitative estimate of drug-likeness (QED) is 0.434. The highest BCUT2D eigenvalue weighted by atomic mass is 16.2. The van der Waals surface area contributed by atoms with E-state index in [9.17, 15) is 4.79 Å². The Hall–Kier alpha value is -3.88. The van der Waals surface area contributed by atoms with Crippen LogP contribution < -0.4 is 16.4 Å². The Morgan fingerprint density at radius 1 is 1.18 bits per heavy atom. The van der Waals surface area contributed by atoms with Crippen LogP contribution in [-0.2, 0) is 0 Å². The van der Waals surface area contributed by atoms with Crippen molar-refractivity contribution in [2.45, 2.75) is 19.8 Å². The van der Waals surface area contributed by atoms with Crippen LogP contribution in [0.15, 0.2) is 48.7 Å². The number of anilines is 3. The van der Waals surface area contributed by atoms with Gasteiger partial charge in [-0.1, -0.05) is 37.3 Å². The maximum atomic E-state index is 12.2. The van der Waals surface area contributed by atoms with Crippen molar-refractivity contribution in [3.63, 3.8) is 0 Å². The van der Waals surface area contributed by atoms with Crippen molar-refractivity contribution in [2.75, 3.05) is 16.4 Å². The number of pyridine rings is 1. The fourth-order valence-corrected chi connectivity index (χ4v) is 2.91. The number of fused-ring (bicyclic) bond motifs is 1. The second-order valence-corrected chi connectivity index (χ2v) is 6.71. The van der Waals surface area contributed by atoms with E-state index in [1.807, 2.05) is 56.3 Å². The Morgan fingerprint density at radius 3 is 2.68 bits per heavy atom. The first-order valence-electron chi connectivity index (χ1n) is 8.84. The number of nitrogen functional groups attached to an aromatic ring is 1. The van der Waals surface area contributed by atoms with Gasteiger partial charge in [-0.2, -0.15) is 5.10 Å². The highest BCUT2D eigenvalue weighted by Crippen LogP contribution is 2.28. The van der Waals surface area contributed by atoms with Gasteiger partial charge >= 0.3 is 6.03 Å². The molecular formula is C19H20N8O. The summed E-state index contributed by atoms with van der Waals surface area (Å²) in [7, 11) is 0. The lowest BCUT2D eigenvalue weighted by Gasteiger charge is -2.08. The lowest BCUT2D eigenvalue weighted by atomic mass is 10.1. The summed E-state index contributed by atoms with van der Waals surface area (Å²) < 4.78 is 1.64. The number of urea groups is 1. The summed E-state index contributed by atoms with van der Waals surface area (Å²) >= 11 is 0. The predicted octanol–water partition coefficient (Wildman–Crippen LogP) is 3.47. The minimum absolute atomic E-state index is 0.308. The number of aromatic nitrogens is 5. The van der Waals surface area contributed by atoms with Crippen LogP contribution in [0.25, 0.3) is 16.6 Å². The Labute approximate surface area is 160 Å². The molecule has 0 saturated carbocycles. The predicted molar refractivity (Wildman–Crippen MR) is 108 cm³/mol. The van der Waals surface area contributed by atoms with Crippen LogP contribution in [0.5, 0.6) is 0 Å². The van der Waals surface area contributed by atoms with Gasteiger partial charge in [0.15, 0.2) is 11.6 Å². The van der Waals surface area contributed by atoms with Gasteiger partial charge in [0.05, 0.1) is 0 Å². The number of aromatic amines is 1. The average Bonchev–Trinajstić information content (AvgIpc) is 3.29. The molecule has 3 aromatic heterocycles. The lowest BCUT2D eigenvalue weighted by molar-refractivity contribution is 0.262. The number of carbonyl (C=O) groups excluding carboxylic acids is 1. The van der Waals surface area contributed by atoms with E-state index in [1.54, 1.807) is 10.7 Å². The molecule has 0 spiro atoms. The van der Waals surface area contributed by atoms with Crippen LogP contribution >= 0.6 is 0 Å². The zero-order chi connectivity index (χ0) is 19.7. The van der Waals surface area contributed by atoms with E-state index in [4.69, 9.17) is 5.73 Å². The molecule has 3 heterocycles. The van der Waals surface area contributed by atoms with Gasteiger partial charge < -0.3 is 11.1 Å². The van der Waals surface area contributed by atoms with E-state index in [-0.39, 0.29) is 6.03 Å². The summed E-state index contributed by atoms with van der Waals surface area (Å²) in [6, 6.07) is 12.7. The number of nitrogens with zero attached hydrogens (tertiary/aromatic N) is 4. The maximum absolute atomic E-state index is 12.2. The van der Waals surface area contributed by atoms with Gasteiger partial charge in [0, 0.05) is 29.2 Å². The molecule has 28 heavy (non-hydrogen) atoms. The third kappa shape index (κ3) is 3.37. The SMILES string of the molecule is CC(C)c1cc(NC(=O)Nc2ccc(-c3cccn4nnc(N)c34)cc2)n[nH]1. The van der Waals surface area contributed by atoms with E-state index in [0.717, 1.165) is 22.3 Å². The van der Waals surface area contributed by atoms with Crippen molar-refractivity contribution in [1.29, 1.82) is 0 Å². The van der Waals surface area contributed by atoms with Crippen molar-refractivity contribution < 1.29 is 4.79 Å². The van der Waals surface area contributed by atoms with Gasteiger partial charge in [-0.05, 0) is 29.7 Å². The zero-order valence-electron chi connectivity index (χ0n) is 15.5. The summed E-state index contributed by atoms with van der Waals surface area (Å²) in [4.78, 5) is 12.2. The molecule has 9 heteroatoms. The second kappa shape index (κ2) is 7.03. The van der Waals surface area contributed by atoms with E-state index >= 15 is 0 Å². The van der Waals surface area contributed by atoms with Crippen LogP contribution in [0, 0.1) is 0 Å². The van der Waals surface area contributed by atoms with E-state index in [1.165, 1.54) is 0 Å². The number of carbonyl (C=O) groups is 1. The van der Waals surface area contributed by atoms with Crippen molar-refractivity contribution in [2.24, 2.45) is 0 Å². The maximum Gasteiger partial charge on any atom is 0.324 e. The largest absolute Gasteiger partial charge is 0.380 e. The molecule has 4 aromatic rings. The molecule has 0 saturated heterocycles. The van der Waals surface area contributed by atoms with Crippen molar-refractivity contribution in [3.8, 4) is 11.1 Å². The molecule has 0 unspecified atom stereocenters. The number of rotatable bonds is 4. The normalized spacial score (nSPS) is 11.1. The third-order valence-corrected chi connectivity index (χ3v) is 4.38.